The van der Waals surface area contributed by atoms with Crippen LogP contribution in [0.25, 0.3) is 0 Å². The van der Waals surface area contributed by atoms with Gasteiger partial charge in [0, 0.05) is 32.1 Å². The van der Waals surface area contributed by atoms with Crippen LogP contribution in [0.2, 0.25) is 0 Å². The van der Waals surface area contributed by atoms with Gasteiger partial charge in [-0.25, -0.2) is 9.97 Å². The van der Waals surface area contributed by atoms with Gasteiger partial charge >= 0.3 is 0 Å². The van der Waals surface area contributed by atoms with Crippen LogP contribution >= 0.6 is 0 Å². The van der Waals surface area contributed by atoms with E-state index >= 15 is 0 Å². The smallest absolute Gasteiger partial charge is 0.138 e. The minimum atomic E-state index is -0.0725. The number of aromatic nitrogens is 2. The van der Waals surface area contributed by atoms with Gasteiger partial charge in [0.25, 0.3) is 0 Å². The molecule has 0 atom stereocenters. The zero-order chi connectivity index (χ0) is 15.3. The van der Waals surface area contributed by atoms with Crippen LogP contribution in [0.15, 0.2) is 6.07 Å². The van der Waals surface area contributed by atoms with Gasteiger partial charge in [0.2, 0.25) is 0 Å². The lowest BCUT2D eigenvalue weighted by molar-refractivity contribution is 0.0845. The van der Waals surface area contributed by atoms with Crippen LogP contribution in [0.4, 0.5) is 11.6 Å². The second-order valence-corrected chi connectivity index (χ2v) is 6.28. The minimum absolute atomic E-state index is 0.0725. The maximum atomic E-state index is 5.59. The van der Waals surface area contributed by atoms with E-state index in [9.17, 15) is 0 Å². The number of anilines is 2. The molecule has 0 aromatic carbocycles. The fraction of sp³-hybridized carbons (Fsp3) is 0.733. The summed E-state index contributed by atoms with van der Waals surface area (Å²) in [6, 6.07) is 1.96. The summed E-state index contributed by atoms with van der Waals surface area (Å²) in [5, 5.41) is 3.10. The van der Waals surface area contributed by atoms with E-state index in [4.69, 9.17) is 4.74 Å². The summed E-state index contributed by atoms with van der Waals surface area (Å²) in [4.78, 5) is 11.3. The highest BCUT2D eigenvalue weighted by molar-refractivity contribution is 5.49. The lowest BCUT2D eigenvalue weighted by Crippen LogP contribution is -2.26. The highest BCUT2D eigenvalue weighted by Gasteiger charge is 2.19. The van der Waals surface area contributed by atoms with E-state index in [-0.39, 0.29) is 11.5 Å². The van der Waals surface area contributed by atoms with Gasteiger partial charge in [0.1, 0.15) is 17.5 Å². The van der Waals surface area contributed by atoms with Crippen molar-refractivity contribution in [3.8, 4) is 0 Å². The van der Waals surface area contributed by atoms with E-state index in [1.54, 1.807) is 0 Å². The average molecular weight is 280 g/mol. The van der Waals surface area contributed by atoms with Gasteiger partial charge in [-0.1, -0.05) is 20.8 Å². The standard InChI is InChI=1S/C15H28N4O/c1-11(2)20-9-8-19(7)13-10-12(16-6)17-14(18-13)15(3,4)5/h10-11H,8-9H2,1-7H3,(H,16,17,18). The number of nitrogens with one attached hydrogen (secondary N) is 1. The number of hydrogen-bond donors (Lipinski definition) is 1. The molecule has 0 radical (unpaired) electrons. The number of likely N-dealkylation sites (N-methyl/N-ethyl adjacent to an activating group) is 1. The van der Waals surface area contributed by atoms with Gasteiger partial charge in [0.15, 0.2) is 0 Å². The molecule has 0 amide bonds. The predicted octanol–water partition coefficient (Wildman–Crippen LogP) is 2.68. The van der Waals surface area contributed by atoms with E-state index in [1.807, 2.05) is 34.0 Å². The first-order valence-corrected chi connectivity index (χ1v) is 7.14. The molecule has 0 aliphatic carbocycles. The fourth-order valence-corrected chi connectivity index (χ4v) is 1.63. The average Bonchev–Trinajstić information content (AvgIpc) is 2.36. The van der Waals surface area contributed by atoms with Crippen LogP contribution in [0.1, 0.15) is 40.4 Å². The molecule has 20 heavy (non-hydrogen) atoms. The largest absolute Gasteiger partial charge is 0.377 e. The Morgan fingerprint density at radius 2 is 1.95 bits per heavy atom. The molecule has 0 aliphatic rings. The number of ether oxygens (including phenoxy) is 1. The van der Waals surface area contributed by atoms with Crippen molar-refractivity contribution in [1.29, 1.82) is 0 Å². The normalized spacial score (nSPS) is 11.8. The molecule has 5 nitrogen and oxygen atoms in total. The topological polar surface area (TPSA) is 50.3 Å². The molecule has 0 saturated carbocycles. The second-order valence-electron chi connectivity index (χ2n) is 6.28. The molecule has 1 heterocycles. The second kappa shape index (κ2) is 6.88. The Kier molecular flexibility index (Phi) is 5.74. The fourth-order valence-electron chi connectivity index (χ4n) is 1.63. The summed E-state index contributed by atoms with van der Waals surface area (Å²) in [5.41, 5.74) is -0.0725. The van der Waals surface area contributed by atoms with Crippen LogP contribution in [0.5, 0.6) is 0 Å². The molecule has 0 bridgehead atoms. The van der Waals surface area contributed by atoms with Crippen LogP contribution in [-0.2, 0) is 10.2 Å². The van der Waals surface area contributed by atoms with Crippen molar-refractivity contribution in [2.75, 3.05) is 37.5 Å². The van der Waals surface area contributed by atoms with Crippen LogP contribution < -0.4 is 10.2 Å². The Morgan fingerprint density at radius 3 is 2.45 bits per heavy atom. The van der Waals surface area contributed by atoms with Crippen molar-refractivity contribution in [2.24, 2.45) is 0 Å². The summed E-state index contributed by atoms with van der Waals surface area (Å²) in [7, 11) is 3.90. The minimum Gasteiger partial charge on any atom is -0.377 e. The zero-order valence-electron chi connectivity index (χ0n) is 13.8. The van der Waals surface area contributed by atoms with Gasteiger partial charge in [-0.15, -0.1) is 0 Å². The molecule has 0 spiro atoms. The third kappa shape index (κ3) is 4.96. The molecule has 0 fully saturated rings. The summed E-state index contributed by atoms with van der Waals surface area (Å²) in [5.74, 6) is 2.61. The molecule has 0 unspecified atom stereocenters. The summed E-state index contributed by atoms with van der Waals surface area (Å²) < 4.78 is 5.59. The van der Waals surface area contributed by atoms with Gasteiger partial charge in [-0.2, -0.15) is 0 Å². The summed E-state index contributed by atoms with van der Waals surface area (Å²) in [6.07, 6.45) is 0.256. The Labute approximate surface area is 122 Å². The van der Waals surface area contributed by atoms with E-state index in [2.05, 4.69) is 41.0 Å². The molecule has 114 valence electrons. The van der Waals surface area contributed by atoms with Crippen molar-refractivity contribution >= 4 is 11.6 Å². The van der Waals surface area contributed by atoms with Crippen molar-refractivity contribution in [2.45, 2.75) is 46.1 Å². The monoisotopic (exact) mass is 280 g/mol. The Bertz CT molecular complexity index is 426. The van der Waals surface area contributed by atoms with E-state index in [0.717, 1.165) is 24.0 Å². The maximum absolute atomic E-state index is 5.59. The van der Waals surface area contributed by atoms with Crippen molar-refractivity contribution in [3.63, 3.8) is 0 Å². The molecular weight excluding hydrogens is 252 g/mol. The molecule has 0 saturated heterocycles. The number of nitrogens with zero attached hydrogens (tertiary/aromatic N) is 3. The lowest BCUT2D eigenvalue weighted by Gasteiger charge is -2.23. The maximum Gasteiger partial charge on any atom is 0.138 e. The molecule has 0 aliphatic heterocycles. The van der Waals surface area contributed by atoms with Gasteiger partial charge < -0.3 is 15.0 Å². The van der Waals surface area contributed by atoms with E-state index in [0.29, 0.717) is 6.61 Å². The third-order valence-electron chi connectivity index (χ3n) is 2.91. The predicted molar refractivity (Wildman–Crippen MR) is 84.6 cm³/mol. The Hall–Kier alpha value is -1.36. The summed E-state index contributed by atoms with van der Waals surface area (Å²) in [6.45, 7) is 11.9. The molecule has 5 heteroatoms. The first kappa shape index (κ1) is 16.7. The highest BCUT2D eigenvalue weighted by Crippen LogP contribution is 2.23. The molecule has 1 aromatic heterocycles. The van der Waals surface area contributed by atoms with Gasteiger partial charge in [-0.3, -0.25) is 0 Å². The van der Waals surface area contributed by atoms with E-state index < -0.39 is 0 Å². The third-order valence-corrected chi connectivity index (χ3v) is 2.91. The molecule has 1 aromatic rings. The SMILES string of the molecule is CNc1cc(N(C)CCOC(C)C)nc(C(C)(C)C)n1. The zero-order valence-corrected chi connectivity index (χ0v) is 13.8. The Balaban J connectivity index is 2.88. The van der Waals surface area contributed by atoms with Crippen LogP contribution in [0, 0.1) is 0 Å². The van der Waals surface area contributed by atoms with E-state index in [1.165, 1.54) is 0 Å². The van der Waals surface area contributed by atoms with Crippen LogP contribution in [-0.4, -0.2) is 43.3 Å². The molecular formula is C15H28N4O. The number of hydrogen-bond acceptors (Lipinski definition) is 5. The quantitative estimate of drug-likeness (QED) is 0.868. The van der Waals surface area contributed by atoms with Crippen molar-refractivity contribution < 1.29 is 4.74 Å². The van der Waals surface area contributed by atoms with Crippen LogP contribution in [0.3, 0.4) is 0 Å². The first-order valence-electron chi connectivity index (χ1n) is 7.14. The summed E-state index contributed by atoms with van der Waals surface area (Å²) >= 11 is 0. The Morgan fingerprint density at radius 1 is 1.30 bits per heavy atom. The van der Waals surface area contributed by atoms with Crippen molar-refractivity contribution in [1.82, 2.24) is 9.97 Å². The molecule has 1 rings (SSSR count). The lowest BCUT2D eigenvalue weighted by atomic mass is 9.96. The first-order chi connectivity index (χ1) is 9.24. The van der Waals surface area contributed by atoms with Gasteiger partial charge in [0.05, 0.1) is 12.7 Å². The van der Waals surface area contributed by atoms with Crippen molar-refractivity contribution in [3.05, 3.63) is 11.9 Å². The van der Waals surface area contributed by atoms with Gasteiger partial charge in [-0.05, 0) is 13.8 Å². The highest BCUT2D eigenvalue weighted by atomic mass is 16.5. The molecule has 1 N–H and O–H groups in total. The number of rotatable bonds is 6.